The quantitative estimate of drug-likeness (QED) is 0.178. The van der Waals surface area contributed by atoms with E-state index < -0.39 is 0 Å². The highest BCUT2D eigenvalue weighted by Gasteiger charge is 2.48. The molecule has 262 valence electrons. The Balaban J connectivity index is 1.08. The van der Waals surface area contributed by atoms with E-state index in [2.05, 4.69) is 185 Å². The van der Waals surface area contributed by atoms with Crippen molar-refractivity contribution in [1.29, 1.82) is 0 Å². The summed E-state index contributed by atoms with van der Waals surface area (Å²) in [6, 6.07) is 50.3. The molecular formula is C52H44N2. The van der Waals surface area contributed by atoms with E-state index in [1.54, 1.807) is 0 Å². The summed E-state index contributed by atoms with van der Waals surface area (Å²) in [6.45, 7) is 14.6. The van der Waals surface area contributed by atoms with Crippen LogP contribution < -0.4 is 9.80 Å². The average Bonchev–Trinajstić information content (AvgIpc) is 3.56. The van der Waals surface area contributed by atoms with Gasteiger partial charge in [0.2, 0.25) is 0 Å². The lowest BCUT2D eigenvalue weighted by atomic mass is 9.71. The van der Waals surface area contributed by atoms with Crippen LogP contribution in [0.2, 0.25) is 0 Å². The topological polar surface area (TPSA) is 6.48 Å². The second-order valence-electron chi connectivity index (χ2n) is 17.0. The van der Waals surface area contributed by atoms with Gasteiger partial charge in [0.15, 0.2) is 0 Å². The first-order valence-corrected chi connectivity index (χ1v) is 19.5. The molecule has 0 aromatic heterocycles. The van der Waals surface area contributed by atoms with Crippen molar-refractivity contribution in [1.82, 2.24) is 0 Å². The number of fused-ring (bicyclic) bond motifs is 11. The lowest BCUT2D eigenvalue weighted by Gasteiger charge is -2.35. The van der Waals surface area contributed by atoms with Crippen LogP contribution in [-0.2, 0) is 23.7 Å². The van der Waals surface area contributed by atoms with Crippen LogP contribution in [0.25, 0.3) is 22.3 Å². The molecule has 0 N–H and O–H groups in total. The Labute approximate surface area is 319 Å². The van der Waals surface area contributed by atoms with Crippen molar-refractivity contribution in [2.24, 2.45) is 0 Å². The molecule has 2 aliphatic heterocycles. The summed E-state index contributed by atoms with van der Waals surface area (Å²) in [5.74, 6) is 0. The molecule has 2 nitrogen and oxygen atoms in total. The predicted molar refractivity (Wildman–Crippen MR) is 226 cm³/mol. The molecule has 0 saturated heterocycles. The molecule has 4 aliphatic rings. The third-order valence-corrected chi connectivity index (χ3v) is 13.4. The second-order valence-corrected chi connectivity index (χ2v) is 17.0. The van der Waals surface area contributed by atoms with Crippen LogP contribution in [0.15, 0.2) is 133 Å². The second kappa shape index (κ2) is 10.9. The van der Waals surface area contributed by atoms with Gasteiger partial charge < -0.3 is 9.80 Å². The summed E-state index contributed by atoms with van der Waals surface area (Å²) in [7, 11) is 0. The van der Waals surface area contributed by atoms with Gasteiger partial charge in [0, 0.05) is 57.8 Å². The Morgan fingerprint density at radius 2 is 0.722 bits per heavy atom. The maximum Gasteiger partial charge on any atom is 0.0497 e. The van der Waals surface area contributed by atoms with Crippen LogP contribution in [0.3, 0.4) is 0 Å². The molecular weight excluding hydrogens is 653 g/mol. The highest BCUT2D eigenvalue weighted by molar-refractivity contribution is 5.97. The van der Waals surface area contributed by atoms with Crippen molar-refractivity contribution >= 4 is 34.1 Å². The van der Waals surface area contributed by atoms with Crippen LogP contribution in [0.5, 0.6) is 0 Å². The number of para-hydroxylation sites is 4. The zero-order chi connectivity index (χ0) is 36.7. The first-order chi connectivity index (χ1) is 26.1. The van der Waals surface area contributed by atoms with Gasteiger partial charge >= 0.3 is 0 Å². The molecule has 2 heteroatoms. The van der Waals surface area contributed by atoms with Gasteiger partial charge in [-0.2, -0.15) is 0 Å². The Kier molecular flexibility index (Phi) is 6.36. The van der Waals surface area contributed by atoms with Gasteiger partial charge in [-0.1, -0.05) is 113 Å². The number of hydrogen-bond acceptors (Lipinski definition) is 2. The minimum Gasteiger partial charge on any atom is -0.310 e. The van der Waals surface area contributed by atoms with Crippen LogP contribution >= 0.6 is 0 Å². The zero-order valence-electron chi connectivity index (χ0n) is 32.0. The Morgan fingerprint density at radius 1 is 0.407 bits per heavy atom. The lowest BCUT2D eigenvalue weighted by Crippen LogP contribution is -2.25. The first kappa shape index (κ1) is 31.6. The fourth-order valence-corrected chi connectivity index (χ4v) is 10.7. The van der Waals surface area contributed by atoms with E-state index in [0.29, 0.717) is 0 Å². The van der Waals surface area contributed by atoms with Crippen molar-refractivity contribution in [3.05, 3.63) is 189 Å². The lowest BCUT2D eigenvalue weighted by molar-refractivity contribution is 0.600. The monoisotopic (exact) mass is 696 g/mol. The Hall–Kier alpha value is -5.86. The van der Waals surface area contributed by atoms with E-state index in [0.717, 1.165) is 12.8 Å². The maximum absolute atomic E-state index is 2.51. The van der Waals surface area contributed by atoms with Crippen molar-refractivity contribution < 1.29 is 0 Å². The van der Waals surface area contributed by atoms with Gasteiger partial charge in [-0.15, -0.1) is 0 Å². The summed E-state index contributed by atoms with van der Waals surface area (Å²) >= 11 is 0. The number of hydrogen-bond donors (Lipinski definition) is 0. The zero-order valence-corrected chi connectivity index (χ0v) is 32.0. The molecule has 7 aromatic carbocycles. The van der Waals surface area contributed by atoms with Crippen molar-refractivity contribution in [3.63, 3.8) is 0 Å². The molecule has 0 atom stereocenters. The van der Waals surface area contributed by atoms with Gasteiger partial charge in [0.25, 0.3) is 0 Å². The fourth-order valence-electron chi connectivity index (χ4n) is 10.7. The van der Waals surface area contributed by atoms with E-state index in [1.165, 1.54) is 112 Å². The van der Waals surface area contributed by atoms with E-state index in [1.807, 2.05) is 0 Å². The van der Waals surface area contributed by atoms with Crippen molar-refractivity contribution in [2.75, 3.05) is 9.80 Å². The minimum absolute atomic E-state index is 0.190. The number of nitrogens with zero attached hydrogens (tertiary/aromatic N) is 2. The van der Waals surface area contributed by atoms with Crippen LogP contribution in [0.1, 0.15) is 83.3 Å². The minimum atomic E-state index is -0.190. The van der Waals surface area contributed by atoms with Gasteiger partial charge in [-0.3, -0.25) is 0 Å². The molecule has 2 heterocycles. The van der Waals surface area contributed by atoms with Gasteiger partial charge in [0.05, 0.1) is 0 Å². The van der Waals surface area contributed by atoms with E-state index in [-0.39, 0.29) is 10.8 Å². The highest BCUT2D eigenvalue weighted by Crippen LogP contribution is 2.62. The number of anilines is 6. The maximum atomic E-state index is 2.51. The van der Waals surface area contributed by atoms with Crippen LogP contribution in [0, 0.1) is 13.8 Å². The molecule has 54 heavy (non-hydrogen) atoms. The van der Waals surface area contributed by atoms with Gasteiger partial charge in [0.1, 0.15) is 0 Å². The molecule has 7 aromatic rings. The standard InChI is InChI=1S/C52H44N2/c1-31-32(2)48-40-26-24-38(54-45-21-13-9-17-35(45)28-36-18-10-14-22-46(36)54)30-42(40)52(5,6)50(48)49-47(31)39-25-23-37(29-41(39)51(49,3)4)53-43-19-11-7-15-33(43)27-34-16-8-12-20-44(34)53/h7-26,29-30H,27-28H2,1-6H3. The van der Waals surface area contributed by atoms with E-state index in [4.69, 9.17) is 0 Å². The predicted octanol–water partition coefficient (Wildman–Crippen LogP) is 13.7. The molecule has 0 unspecified atom stereocenters. The molecule has 0 fully saturated rings. The average molecular weight is 697 g/mol. The number of benzene rings is 7. The molecule has 0 radical (unpaired) electrons. The van der Waals surface area contributed by atoms with Crippen molar-refractivity contribution in [3.8, 4) is 22.3 Å². The smallest absolute Gasteiger partial charge is 0.0497 e. The summed E-state index contributed by atoms with van der Waals surface area (Å²) in [5.41, 5.74) is 27.0. The molecule has 0 bridgehead atoms. The normalized spacial score (nSPS) is 16.0. The third-order valence-electron chi connectivity index (χ3n) is 13.4. The molecule has 0 amide bonds. The van der Waals surface area contributed by atoms with Crippen LogP contribution in [0.4, 0.5) is 34.1 Å². The molecule has 11 rings (SSSR count). The summed E-state index contributed by atoms with van der Waals surface area (Å²) in [6.07, 6.45) is 1.92. The van der Waals surface area contributed by atoms with Gasteiger partial charge in [-0.05, 0) is 140 Å². The highest BCUT2D eigenvalue weighted by atomic mass is 15.2. The third kappa shape index (κ3) is 4.06. The van der Waals surface area contributed by atoms with Gasteiger partial charge in [-0.25, -0.2) is 0 Å². The summed E-state index contributed by atoms with van der Waals surface area (Å²) in [4.78, 5) is 4.99. The Morgan fingerprint density at radius 3 is 1.06 bits per heavy atom. The summed E-state index contributed by atoms with van der Waals surface area (Å²) < 4.78 is 0. The van der Waals surface area contributed by atoms with E-state index in [9.17, 15) is 0 Å². The largest absolute Gasteiger partial charge is 0.310 e. The van der Waals surface area contributed by atoms with E-state index >= 15 is 0 Å². The number of rotatable bonds is 2. The summed E-state index contributed by atoms with van der Waals surface area (Å²) in [5, 5.41) is 0. The SMILES string of the molecule is Cc1c(C)c2c(c3c1-c1ccc(N4c5ccccc5Cc5ccccc54)cc1C3(C)C)C(C)(C)c1cc(N3c4ccccc4Cc4ccccc43)ccc1-2. The Bertz CT molecular complexity index is 2480. The fraction of sp³-hybridized carbons (Fsp3) is 0.192. The molecule has 0 saturated carbocycles. The van der Waals surface area contributed by atoms with Crippen LogP contribution in [-0.4, -0.2) is 0 Å². The molecule has 2 aliphatic carbocycles. The molecule has 0 spiro atoms. The van der Waals surface area contributed by atoms with Crippen molar-refractivity contribution in [2.45, 2.75) is 65.2 Å². The first-order valence-electron chi connectivity index (χ1n) is 19.5.